The van der Waals surface area contributed by atoms with Gasteiger partial charge in [-0.1, -0.05) is 0 Å². The molecule has 0 aliphatic carbocycles. The van der Waals surface area contributed by atoms with Crippen molar-refractivity contribution in [3.05, 3.63) is 0 Å². The Labute approximate surface area is 67.6 Å². The summed E-state index contributed by atoms with van der Waals surface area (Å²) in [5.74, 6) is 0. The number of hydrogen-bond acceptors (Lipinski definition) is 4. The number of aliphatic hydroxyl groups is 2. The summed E-state index contributed by atoms with van der Waals surface area (Å²) in [6.45, 7) is 0.248. The van der Waals surface area contributed by atoms with Crippen molar-refractivity contribution in [2.75, 3.05) is 20.3 Å². The van der Waals surface area contributed by atoms with Crippen LogP contribution in [0.5, 0.6) is 0 Å². The molecule has 2 unspecified atom stereocenters. The molecule has 0 amide bonds. The van der Waals surface area contributed by atoms with Crippen LogP contribution in [0, 0.1) is 0 Å². The maximum absolute atomic E-state index is 9.28. The van der Waals surface area contributed by atoms with E-state index in [1.165, 1.54) is 15.2 Å². The average Bonchev–Trinajstić information content (AvgIpc) is 2.00. The van der Waals surface area contributed by atoms with Gasteiger partial charge in [-0.05, 0) is 6.42 Å². The molecule has 0 radical (unpaired) electrons. The zero-order chi connectivity index (χ0) is 8.69. The van der Waals surface area contributed by atoms with Crippen LogP contribution in [0.4, 0.5) is 0 Å². The van der Waals surface area contributed by atoms with Crippen molar-refractivity contribution in [3.8, 4) is 0 Å². The lowest BCUT2D eigenvalue weighted by Crippen LogP contribution is -2.33. The van der Waals surface area contributed by atoms with E-state index in [4.69, 9.17) is 14.5 Å². The van der Waals surface area contributed by atoms with Crippen LogP contribution in [-0.4, -0.2) is 50.8 Å². The molecule has 0 rings (SSSR count). The first kappa shape index (κ1) is 10.9. The Kier molecular flexibility index (Phi) is 6.55. The molecule has 4 nitrogen and oxygen atoms in total. The molecule has 2 N–H and O–H groups in total. The summed E-state index contributed by atoms with van der Waals surface area (Å²) in [7, 11) is 3.01. The van der Waals surface area contributed by atoms with Crippen LogP contribution >= 0.6 is 0 Å². The minimum Gasteiger partial charge on any atom is -0.438 e. The summed E-state index contributed by atoms with van der Waals surface area (Å²) in [5, 5.41) is 17.8. The lowest BCUT2D eigenvalue weighted by atomic mass is 10.1. The van der Waals surface area contributed by atoms with Crippen LogP contribution in [0.1, 0.15) is 6.42 Å². The summed E-state index contributed by atoms with van der Waals surface area (Å²) in [5.41, 5.74) is 0. The second-order valence-corrected chi connectivity index (χ2v) is 2.31. The normalized spacial score (nSPS) is 16.3. The average molecular weight is 162 g/mol. The predicted octanol–water partition coefficient (Wildman–Crippen LogP) is -1.69. The van der Waals surface area contributed by atoms with Gasteiger partial charge in [0.15, 0.2) is 0 Å². The van der Waals surface area contributed by atoms with E-state index in [2.05, 4.69) is 0 Å². The predicted molar refractivity (Wildman–Crippen MR) is 43.0 cm³/mol. The Morgan fingerprint density at radius 1 is 1.55 bits per heavy atom. The van der Waals surface area contributed by atoms with Gasteiger partial charge in [0.1, 0.15) is 6.10 Å². The van der Waals surface area contributed by atoms with Gasteiger partial charge < -0.3 is 19.6 Å². The summed E-state index contributed by atoms with van der Waals surface area (Å²) in [6.07, 6.45) is -0.557. The van der Waals surface area contributed by atoms with Crippen LogP contribution in [0.3, 0.4) is 0 Å². The lowest BCUT2D eigenvalue weighted by molar-refractivity contribution is -0.0198. The minimum atomic E-state index is -0.655. The van der Waals surface area contributed by atoms with Crippen molar-refractivity contribution in [2.45, 2.75) is 18.6 Å². The van der Waals surface area contributed by atoms with E-state index in [1.54, 1.807) is 0 Å². The topological polar surface area (TPSA) is 58.9 Å². The molecule has 11 heavy (non-hydrogen) atoms. The van der Waals surface area contributed by atoms with Crippen molar-refractivity contribution < 1.29 is 19.6 Å². The number of methoxy groups -OCH3 is 1. The van der Waals surface area contributed by atoms with Gasteiger partial charge in [0.2, 0.25) is 0 Å². The van der Waals surface area contributed by atoms with Crippen LogP contribution in [0.2, 0.25) is 0 Å². The summed E-state index contributed by atoms with van der Waals surface area (Å²) < 4.78 is 9.64. The third-order valence-corrected chi connectivity index (χ3v) is 1.48. The first-order chi connectivity index (χ1) is 5.26. The van der Waals surface area contributed by atoms with Crippen LogP contribution < -0.4 is 0 Å². The van der Waals surface area contributed by atoms with Gasteiger partial charge in [0, 0.05) is 13.7 Å². The number of ether oxygens (including phenoxy) is 1. The monoisotopic (exact) mass is 162 g/mol. The fourth-order valence-electron chi connectivity index (χ4n) is 0.873. The maximum atomic E-state index is 9.28. The molecule has 0 bridgehead atoms. The summed E-state index contributed by atoms with van der Waals surface area (Å²) in [6, 6.07) is 0. The largest absolute Gasteiger partial charge is 0.438 e. The van der Waals surface area contributed by atoms with Gasteiger partial charge in [-0.2, -0.15) is 0 Å². The van der Waals surface area contributed by atoms with Gasteiger partial charge >= 0.3 is 0 Å². The molecule has 2 atom stereocenters. The third kappa shape index (κ3) is 4.37. The Hall–Kier alpha value is -0.0951. The Balaban J connectivity index is 3.61. The molecular formula is C6H15BO4. The molecule has 5 heteroatoms. The molecule has 0 aromatic rings. The zero-order valence-electron chi connectivity index (χ0n) is 6.99. The van der Waals surface area contributed by atoms with E-state index in [-0.39, 0.29) is 19.3 Å². The Morgan fingerprint density at radius 3 is 2.55 bits per heavy atom. The highest BCUT2D eigenvalue weighted by atomic mass is 16.5. The van der Waals surface area contributed by atoms with Crippen molar-refractivity contribution >= 4 is 8.05 Å². The molecule has 0 aliphatic rings. The number of aliphatic hydroxyl groups excluding tert-OH is 2. The SMILES string of the molecule is BOC(CCO)C(O)COC. The van der Waals surface area contributed by atoms with Gasteiger partial charge in [0.05, 0.1) is 12.7 Å². The lowest BCUT2D eigenvalue weighted by Gasteiger charge is -2.20. The fraction of sp³-hybridized carbons (Fsp3) is 1.00. The number of hydrogen-bond donors (Lipinski definition) is 2. The van der Waals surface area contributed by atoms with Gasteiger partial charge in [0.25, 0.3) is 8.05 Å². The molecule has 0 saturated heterocycles. The van der Waals surface area contributed by atoms with Crippen molar-refractivity contribution in [1.82, 2.24) is 0 Å². The molecular weight excluding hydrogens is 147 g/mol. The summed E-state index contributed by atoms with van der Waals surface area (Å²) >= 11 is 0. The Bertz CT molecular complexity index is 90.7. The highest BCUT2D eigenvalue weighted by molar-refractivity contribution is 5.98. The second-order valence-electron chi connectivity index (χ2n) is 2.31. The van der Waals surface area contributed by atoms with E-state index >= 15 is 0 Å². The van der Waals surface area contributed by atoms with E-state index in [9.17, 15) is 5.11 Å². The maximum Gasteiger partial charge on any atom is 0.257 e. The first-order valence-electron chi connectivity index (χ1n) is 3.57. The smallest absolute Gasteiger partial charge is 0.257 e. The van der Waals surface area contributed by atoms with Crippen molar-refractivity contribution in [1.29, 1.82) is 0 Å². The fourth-order valence-corrected chi connectivity index (χ4v) is 0.873. The minimum absolute atomic E-state index is 0.0132. The highest BCUT2D eigenvalue weighted by Gasteiger charge is 2.16. The van der Waals surface area contributed by atoms with Crippen molar-refractivity contribution in [2.24, 2.45) is 0 Å². The molecule has 0 aromatic heterocycles. The van der Waals surface area contributed by atoms with E-state index in [1.807, 2.05) is 0 Å². The Morgan fingerprint density at radius 2 is 2.18 bits per heavy atom. The molecule has 0 spiro atoms. The third-order valence-electron chi connectivity index (χ3n) is 1.48. The van der Waals surface area contributed by atoms with Gasteiger partial charge in [-0.15, -0.1) is 0 Å². The molecule has 0 aromatic carbocycles. The van der Waals surface area contributed by atoms with Gasteiger partial charge in [-0.3, -0.25) is 0 Å². The standard InChI is InChI=1S/C6H15BO4/c1-10-4-5(9)6(11-7)2-3-8/h5-6,8-9H,2-4,7H2,1H3. The molecule has 0 aliphatic heterocycles. The highest BCUT2D eigenvalue weighted by Crippen LogP contribution is 2.02. The van der Waals surface area contributed by atoms with Gasteiger partial charge in [-0.25, -0.2) is 0 Å². The van der Waals surface area contributed by atoms with Crippen LogP contribution in [-0.2, 0) is 9.39 Å². The van der Waals surface area contributed by atoms with E-state index in [0.717, 1.165) is 0 Å². The molecule has 0 heterocycles. The summed E-state index contributed by atoms with van der Waals surface area (Å²) in [4.78, 5) is 0. The van der Waals surface area contributed by atoms with Crippen LogP contribution in [0.15, 0.2) is 0 Å². The molecule has 0 fully saturated rings. The van der Waals surface area contributed by atoms with Crippen LogP contribution in [0.25, 0.3) is 0 Å². The van der Waals surface area contributed by atoms with E-state index in [0.29, 0.717) is 6.42 Å². The second kappa shape index (κ2) is 6.60. The van der Waals surface area contributed by atoms with E-state index < -0.39 is 6.10 Å². The quantitative estimate of drug-likeness (QED) is 0.457. The molecule has 66 valence electrons. The molecule has 0 saturated carbocycles. The van der Waals surface area contributed by atoms with Crippen molar-refractivity contribution in [3.63, 3.8) is 0 Å². The zero-order valence-corrected chi connectivity index (χ0v) is 6.99. The number of rotatable bonds is 6. The first-order valence-corrected chi connectivity index (χ1v) is 3.57.